The summed E-state index contributed by atoms with van der Waals surface area (Å²) in [5.74, 6) is -0.827. The number of carbonyl (C=O) groups excluding carboxylic acids is 2. The third kappa shape index (κ3) is 3.74. The Labute approximate surface area is 135 Å². The average Bonchev–Trinajstić information content (AvgIpc) is 2.61. The minimum absolute atomic E-state index is 0.109. The lowest BCUT2D eigenvalue weighted by Gasteiger charge is -2.30. The van der Waals surface area contributed by atoms with Crippen LogP contribution in [0.15, 0.2) is 48.7 Å². The summed E-state index contributed by atoms with van der Waals surface area (Å²) in [5, 5.41) is 3.04. The number of hydrogen-bond acceptors (Lipinski definition) is 4. The number of amides is 1. The van der Waals surface area contributed by atoms with Gasteiger partial charge in [-0.3, -0.25) is 4.79 Å². The highest BCUT2D eigenvalue weighted by atomic mass is 16.5. The number of benzene rings is 1. The van der Waals surface area contributed by atoms with E-state index >= 15 is 0 Å². The zero-order valence-electron chi connectivity index (χ0n) is 13.5. The van der Waals surface area contributed by atoms with Gasteiger partial charge in [0.25, 0.3) is 5.91 Å². The molecule has 0 bridgehead atoms. The largest absolute Gasteiger partial charge is 0.464 e. The van der Waals surface area contributed by atoms with Crippen molar-refractivity contribution in [3.05, 3.63) is 65.5 Å². The second-order valence-electron chi connectivity index (χ2n) is 5.43. The van der Waals surface area contributed by atoms with Crippen LogP contribution in [0.5, 0.6) is 0 Å². The lowest BCUT2D eigenvalue weighted by Crippen LogP contribution is -2.43. The third-order valence-corrected chi connectivity index (χ3v) is 3.92. The highest BCUT2D eigenvalue weighted by Gasteiger charge is 2.27. The normalized spacial score (nSPS) is 13.0. The molecule has 0 radical (unpaired) electrons. The molecule has 2 aromatic rings. The molecule has 0 saturated heterocycles. The molecular weight excluding hydrogens is 292 g/mol. The minimum Gasteiger partial charge on any atom is -0.464 e. The van der Waals surface area contributed by atoms with E-state index in [1.54, 1.807) is 6.07 Å². The van der Waals surface area contributed by atoms with Crippen molar-refractivity contribution in [1.29, 1.82) is 0 Å². The van der Waals surface area contributed by atoms with Crippen molar-refractivity contribution in [3.8, 4) is 0 Å². The monoisotopic (exact) mass is 312 g/mol. The number of carbonyl (C=O) groups is 2. The maximum Gasteiger partial charge on any atom is 0.356 e. The Kier molecular flexibility index (Phi) is 5.11. The van der Waals surface area contributed by atoms with Crippen molar-refractivity contribution in [3.63, 3.8) is 0 Å². The Morgan fingerprint density at radius 2 is 1.91 bits per heavy atom. The van der Waals surface area contributed by atoms with Crippen molar-refractivity contribution in [2.75, 3.05) is 7.11 Å². The van der Waals surface area contributed by atoms with Crippen LogP contribution in [0.3, 0.4) is 0 Å². The van der Waals surface area contributed by atoms with Gasteiger partial charge in [0.05, 0.1) is 12.6 Å². The molecule has 0 aliphatic heterocycles. The molecule has 1 aromatic carbocycles. The maximum atomic E-state index is 12.6. The number of nitrogens with zero attached hydrogens (tertiary/aromatic N) is 1. The van der Waals surface area contributed by atoms with E-state index in [1.165, 1.54) is 19.4 Å². The van der Waals surface area contributed by atoms with Gasteiger partial charge in [-0.2, -0.15) is 0 Å². The van der Waals surface area contributed by atoms with Crippen LogP contribution >= 0.6 is 0 Å². The molecule has 0 aliphatic carbocycles. The van der Waals surface area contributed by atoms with Crippen LogP contribution in [-0.4, -0.2) is 24.0 Å². The second-order valence-corrected chi connectivity index (χ2v) is 5.43. The summed E-state index contributed by atoms with van der Waals surface area (Å²) in [7, 11) is 1.28. The van der Waals surface area contributed by atoms with Gasteiger partial charge in [0.15, 0.2) is 0 Å². The van der Waals surface area contributed by atoms with Crippen molar-refractivity contribution in [2.24, 2.45) is 0 Å². The molecule has 5 heteroatoms. The van der Waals surface area contributed by atoms with E-state index in [9.17, 15) is 9.59 Å². The zero-order valence-corrected chi connectivity index (χ0v) is 13.5. The van der Waals surface area contributed by atoms with E-state index in [4.69, 9.17) is 0 Å². The van der Waals surface area contributed by atoms with Gasteiger partial charge in [0, 0.05) is 11.8 Å². The quantitative estimate of drug-likeness (QED) is 0.862. The molecule has 2 rings (SSSR count). The van der Waals surface area contributed by atoms with Gasteiger partial charge in [-0.15, -0.1) is 0 Å². The highest BCUT2D eigenvalue weighted by Crippen LogP contribution is 2.24. The van der Waals surface area contributed by atoms with E-state index in [-0.39, 0.29) is 11.6 Å². The van der Waals surface area contributed by atoms with Crippen molar-refractivity contribution in [2.45, 2.75) is 25.8 Å². The van der Waals surface area contributed by atoms with Crippen molar-refractivity contribution in [1.82, 2.24) is 10.3 Å². The van der Waals surface area contributed by atoms with Crippen LogP contribution in [-0.2, 0) is 10.3 Å². The van der Waals surface area contributed by atoms with Gasteiger partial charge >= 0.3 is 5.97 Å². The maximum absolute atomic E-state index is 12.6. The van der Waals surface area contributed by atoms with Gasteiger partial charge in [-0.05, 0) is 31.0 Å². The van der Waals surface area contributed by atoms with E-state index in [1.807, 2.05) is 44.2 Å². The molecule has 0 fully saturated rings. The molecule has 0 aliphatic rings. The first-order valence-corrected chi connectivity index (χ1v) is 7.42. The Balaban J connectivity index is 2.25. The summed E-state index contributed by atoms with van der Waals surface area (Å²) in [6.07, 6.45) is 2.16. The van der Waals surface area contributed by atoms with E-state index in [0.29, 0.717) is 5.56 Å². The molecule has 1 N–H and O–H groups in total. The highest BCUT2D eigenvalue weighted by molar-refractivity contribution is 5.97. The van der Waals surface area contributed by atoms with Gasteiger partial charge in [-0.1, -0.05) is 37.3 Å². The fourth-order valence-corrected chi connectivity index (χ4v) is 2.28. The summed E-state index contributed by atoms with van der Waals surface area (Å²) in [5.41, 5.74) is 1.01. The Morgan fingerprint density at radius 1 is 1.22 bits per heavy atom. The van der Waals surface area contributed by atoms with Gasteiger partial charge in [-0.25, -0.2) is 9.78 Å². The Bertz CT molecular complexity index is 700. The van der Waals surface area contributed by atoms with Gasteiger partial charge in [0.1, 0.15) is 5.69 Å². The molecule has 1 aromatic heterocycles. The fourth-order valence-electron chi connectivity index (χ4n) is 2.28. The van der Waals surface area contributed by atoms with Crippen LogP contribution in [0.4, 0.5) is 0 Å². The van der Waals surface area contributed by atoms with E-state index < -0.39 is 11.5 Å². The summed E-state index contributed by atoms with van der Waals surface area (Å²) in [4.78, 5) is 28.0. The number of methoxy groups -OCH3 is 1. The number of aromatic nitrogens is 1. The number of ether oxygens (including phenoxy) is 1. The smallest absolute Gasteiger partial charge is 0.356 e. The van der Waals surface area contributed by atoms with Crippen LogP contribution < -0.4 is 5.32 Å². The number of pyridine rings is 1. The van der Waals surface area contributed by atoms with Crippen molar-refractivity contribution >= 4 is 11.9 Å². The molecule has 23 heavy (non-hydrogen) atoms. The van der Waals surface area contributed by atoms with Crippen LogP contribution in [0.25, 0.3) is 0 Å². The molecule has 1 amide bonds. The first-order valence-electron chi connectivity index (χ1n) is 7.42. The zero-order chi connectivity index (χ0) is 16.9. The predicted molar refractivity (Wildman–Crippen MR) is 87.1 cm³/mol. The standard InChI is InChI=1S/C18H20N2O3/c1-4-18(2,14-8-6-5-7-9-14)20-16(21)13-10-11-19-15(12-13)17(22)23-3/h5-12H,4H2,1-3H3,(H,20,21). The average molecular weight is 312 g/mol. The number of hydrogen-bond donors (Lipinski definition) is 1. The van der Waals surface area contributed by atoms with Crippen LogP contribution in [0.1, 0.15) is 46.7 Å². The Morgan fingerprint density at radius 3 is 2.52 bits per heavy atom. The molecule has 0 saturated carbocycles. The second kappa shape index (κ2) is 7.05. The molecular formula is C18H20N2O3. The topological polar surface area (TPSA) is 68.3 Å². The fraction of sp³-hybridized carbons (Fsp3) is 0.278. The Hall–Kier alpha value is -2.69. The van der Waals surface area contributed by atoms with E-state index in [0.717, 1.165) is 12.0 Å². The van der Waals surface area contributed by atoms with E-state index in [2.05, 4.69) is 15.0 Å². The SMILES string of the molecule is CCC(C)(NC(=O)c1ccnc(C(=O)OC)c1)c1ccccc1. The first-order chi connectivity index (χ1) is 11.0. The molecule has 1 unspecified atom stereocenters. The summed E-state index contributed by atoms with van der Waals surface area (Å²) >= 11 is 0. The predicted octanol–water partition coefficient (Wildman–Crippen LogP) is 2.92. The number of esters is 1. The lowest BCUT2D eigenvalue weighted by atomic mass is 9.89. The molecule has 1 atom stereocenters. The summed E-state index contributed by atoms with van der Waals surface area (Å²) in [6.45, 7) is 3.99. The summed E-state index contributed by atoms with van der Waals surface area (Å²) < 4.78 is 4.63. The molecule has 120 valence electrons. The number of nitrogens with one attached hydrogen (secondary N) is 1. The molecule has 5 nitrogen and oxygen atoms in total. The number of rotatable bonds is 5. The first kappa shape index (κ1) is 16.7. The molecule has 0 spiro atoms. The van der Waals surface area contributed by atoms with Gasteiger partial charge in [0.2, 0.25) is 0 Å². The third-order valence-electron chi connectivity index (χ3n) is 3.92. The van der Waals surface area contributed by atoms with Crippen LogP contribution in [0.2, 0.25) is 0 Å². The van der Waals surface area contributed by atoms with Gasteiger partial charge < -0.3 is 10.1 Å². The lowest BCUT2D eigenvalue weighted by molar-refractivity contribution is 0.0594. The van der Waals surface area contributed by atoms with Crippen molar-refractivity contribution < 1.29 is 14.3 Å². The summed E-state index contributed by atoms with van der Waals surface area (Å²) in [6, 6.07) is 12.8. The minimum atomic E-state index is -0.569. The molecule has 1 heterocycles. The van der Waals surface area contributed by atoms with Crippen LogP contribution in [0, 0.1) is 0 Å².